The van der Waals surface area contributed by atoms with Crippen LogP contribution in [-0.2, 0) is 0 Å². The number of hydrogen-bond donors (Lipinski definition) is 2. The smallest absolute Gasteiger partial charge is 0.161 e. The van der Waals surface area contributed by atoms with E-state index in [9.17, 15) is 5.26 Å². The van der Waals surface area contributed by atoms with Gasteiger partial charge in [-0.1, -0.05) is 6.07 Å². The number of aromatic amines is 1. The minimum atomic E-state index is 0.543. The van der Waals surface area contributed by atoms with Gasteiger partial charge < -0.3 is 24.7 Å². The normalized spacial score (nSPS) is 15.2. The summed E-state index contributed by atoms with van der Waals surface area (Å²) in [6.45, 7) is 4.39. The molecule has 2 heterocycles. The lowest BCUT2D eigenvalue weighted by Crippen LogP contribution is -2.37. The third kappa shape index (κ3) is 4.25. The third-order valence-corrected chi connectivity index (χ3v) is 6.34. The molecule has 162 valence electrons. The average Bonchev–Trinajstić information content (AvgIpc) is 3.20. The SMILES string of the molecule is CNCCN1CCC(c2ccc3[nH]c(-c4ccc(OC)c(OC)c4)c(C#N)c3c2)CC1. The lowest BCUT2D eigenvalue weighted by Gasteiger charge is -2.32. The highest BCUT2D eigenvalue weighted by atomic mass is 16.5. The van der Waals surface area contributed by atoms with Gasteiger partial charge >= 0.3 is 0 Å². The predicted octanol–water partition coefficient (Wildman–Crippen LogP) is 4.12. The van der Waals surface area contributed by atoms with Gasteiger partial charge in [0.2, 0.25) is 0 Å². The molecule has 0 atom stereocenters. The van der Waals surface area contributed by atoms with Gasteiger partial charge in [-0.2, -0.15) is 5.26 Å². The number of piperidine rings is 1. The molecule has 1 saturated heterocycles. The van der Waals surface area contributed by atoms with Crippen LogP contribution < -0.4 is 14.8 Å². The number of likely N-dealkylation sites (tertiary alicyclic amines) is 1. The fourth-order valence-electron chi connectivity index (χ4n) is 4.55. The number of ether oxygens (including phenoxy) is 2. The molecule has 0 spiro atoms. The average molecular weight is 419 g/mol. The van der Waals surface area contributed by atoms with Crippen LogP contribution >= 0.6 is 0 Å². The van der Waals surface area contributed by atoms with Crippen LogP contribution in [0, 0.1) is 11.3 Å². The number of H-pyrrole nitrogens is 1. The Balaban J connectivity index is 1.64. The summed E-state index contributed by atoms with van der Waals surface area (Å²) in [4.78, 5) is 5.97. The standard InChI is InChI=1S/C25H30N4O2/c1-27-10-13-29-11-8-17(9-12-29)18-4-6-22-20(14-18)21(16-26)25(28-22)19-5-7-23(30-2)24(15-19)31-3/h4-7,14-15,17,27-28H,8-13H2,1-3H3. The third-order valence-electron chi connectivity index (χ3n) is 6.34. The van der Waals surface area contributed by atoms with Gasteiger partial charge in [0.25, 0.3) is 0 Å². The summed E-state index contributed by atoms with van der Waals surface area (Å²) in [5.41, 5.74) is 4.71. The zero-order valence-corrected chi connectivity index (χ0v) is 18.5. The summed E-state index contributed by atoms with van der Waals surface area (Å²) >= 11 is 0. The van der Waals surface area contributed by atoms with Crippen LogP contribution in [0.5, 0.6) is 11.5 Å². The van der Waals surface area contributed by atoms with E-state index in [1.54, 1.807) is 14.2 Å². The molecule has 6 nitrogen and oxygen atoms in total. The van der Waals surface area contributed by atoms with Gasteiger partial charge in [0, 0.05) is 29.6 Å². The Morgan fingerprint density at radius 2 is 1.87 bits per heavy atom. The maximum atomic E-state index is 9.97. The van der Waals surface area contributed by atoms with E-state index in [1.165, 1.54) is 5.56 Å². The van der Waals surface area contributed by atoms with E-state index in [2.05, 4.69) is 39.5 Å². The van der Waals surface area contributed by atoms with Crippen molar-refractivity contribution in [2.24, 2.45) is 0 Å². The Kier molecular flexibility index (Phi) is 6.45. The molecule has 3 aromatic rings. The van der Waals surface area contributed by atoms with Gasteiger partial charge in [0.1, 0.15) is 6.07 Å². The predicted molar refractivity (Wildman–Crippen MR) is 124 cm³/mol. The molecule has 0 aliphatic carbocycles. The Morgan fingerprint density at radius 3 is 2.55 bits per heavy atom. The molecule has 2 aromatic carbocycles. The molecule has 31 heavy (non-hydrogen) atoms. The fraction of sp³-hybridized carbons (Fsp3) is 0.400. The Hall–Kier alpha value is -3.01. The first-order valence-corrected chi connectivity index (χ1v) is 10.8. The number of nitrogens with zero attached hydrogens (tertiary/aromatic N) is 2. The fourth-order valence-corrected chi connectivity index (χ4v) is 4.55. The van der Waals surface area contributed by atoms with Crippen molar-refractivity contribution in [3.05, 3.63) is 47.5 Å². The Morgan fingerprint density at radius 1 is 1.10 bits per heavy atom. The number of methoxy groups -OCH3 is 2. The summed E-state index contributed by atoms with van der Waals surface area (Å²) in [5, 5.41) is 14.2. The lowest BCUT2D eigenvalue weighted by molar-refractivity contribution is 0.214. The molecule has 6 heteroatoms. The second-order valence-corrected chi connectivity index (χ2v) is 8.08. The Labute approximate surface area is 183 Å². The van der Waals surface area contributed by atoms with Gasteiger partial charge in [-0.25, -0.2) is 0 Å². The van der Waals surface area contributed by atoms with Gasteiger partial charge in [0.05, 0.1) is 25.5 Å². The van der Waals surface area contributed by atoms with Crippen LogP contribution in [0.1, 0.15) is 29.9 Å². The zero-order chi connectivity index (χ0) is 21.8. The molecular formula is C25H30N4O2. The Bertz CT molecular complexity index is 1090. The second-order valence-electron chi connectivity index (χ2n) is 8.08. The quantitative estimate of drug-likeness (QED) is 0.604. The number of benzene rings is 2. The van der Waals surface area contributed by atoms with Crippen molar-refractivity contribution in [2.45, 2.75) is 18.8 Å². The van der Waals surface area contributed by atoms with Gasteiger partial charge in [-0.3, -0.25) is 0 Å². The van der Waals surface area contributed by atoms with Gasteiger partial charge in [0.15, 0.2) is 11.5 Å². The molecule has 0 unspecified atom stereocenters. The van der Waals surface area contributed by atoms with Crippen LogP contribution in [0.25, 0.3) is 22.2 Å². The number of rotatable bonds is 7. The number of likely N-dealkylation sites (N-methyl/N-ethyl adjacent to an activating group) is 1. The lowest BCUT2D eigenvalue weighted by atomic mass is 9.88. The van der Waals surface area contributed by atoms with Crippen LogP contribution in [0.4, 0.5) is 0 Å². The van der Waals surface area contributed by atoms with Crippen molar-refractivity contribution in [3.63, 3.8) is 0 Å². The summed E-state index contributed by atoms with van der Waals surface area (Å²) in [6.07, 6.45) is 2.31. The minimum absolute atomic E-state index is 0.543. The summed E-state index contributed by atoms with van der Waals surface area (Å²) in [5.74, 6) is 1.86. The van der Waals surface area contributed by atoms with E-state index in [4.69, 9.17) is 9.47 Å². The molecule has 1 aliphatic heterocycles. The maximum absolute atomic E-state index is 9.97. The van der Waals surface area contributed by atoms with E-state index in [0.29, 0.717) is 23.0 Å². The number of aromatic nitrogens is 1. The van der Waals surface area contributed by atoms with Crippen molar-refractivity contribution in [1.82, 2.24) is 15.2 Å². The first-order valence-electron chi connectivity index (χ1n) is 10.8. The zero-order valence-electron chi connectivity index (χ0n) is 18.5. The van der Waals surface area contributed by atoms with E-state index in [1.807, 2.05) is 25.2 Å². The number of nitrogens with one attached hydrogen (secondary N) is 2. The van der Waals surface area contributed by atoms with Crippen LogP contribution in [0.15, 0.2) is 36.4 Å². The molecule has 0 amide bonds. The van der Waals surface area contributed by atoms with Crippen molar-refractivity contribution >= 4 is 10.9 Å². The van der Waals surface area contributed by atoms with Crippen molar-refractivity contribution in [1.29, 1.82) is 5.26 Å². The molecule has 4 rings (SSSR count). The van der Waals surface area contributed by atoms with E-state index >= 15 is 0 Å². The molecule has 0 bridgehead atoms. The van der Waals surface area contributed by atoms with Crippen LogP contribution in [0.3, 0.4) is 0 Å². The van der Waals surface area contributed by atoms with Crippen molar-refractivity contribution < 1.29 is 9.47 Å². The van der Waals surface area contributed by atoms with E-state index in [-0.39, 0.29) is 0 Å². The molecule has 2 N–H and O–H groups in total. The van der Waals surface area contributed by atoms with Gasteiger partial charge in [-0.15, -0.1) is 0 Å². The molecule has 0 saturated carbocycles. The summed E-state index contributed by atoms with van der Waals surface area (Å²) in [7, 11) is 5.24. The van der Waals surface area contributed by atoms with Crippen LogP contribution in [0.2, 0.25) is 0 Å². The van der Waals surface area contributed by atoms with Crippen molar-refractivity contribution in [3.8, 4) is 28.8 Å². The molecule has 1 aromatic heterocycles. The highest BCUT2D eigenvalue weighted by molar-refractivity contribution is 5.94. The molecular weight excluding hydrogens is 388 g/mol. The number of nitriles is 1. The summed E-state index contributed by atoms with van der Waals surface area (Å²) in [6, 6.07) is 14.7. The van der Waals surface area contributed by atoms with Crippen LogP contribution in [-0.4, -0.2) is 57.3 Å². The molecule has 0 radical (unpaired) electrons. The van der Waals surface area contributed by atoms with Crippen molar-refractivity contribution in [2.75, 3.05) is 47.4 Å². The monoisotopic (exact) mass is 418 g/mol. The highest BCUT2D eigenvalue weighted by Crippen LogP contribution is 2.37. The molecule has 1 fully saturated rings. The second kappa shape index (κ2) is 9.42. The summed E-state index contributed by atoms with van der Waals surface area (Å²) < 4.78 is 10.8. The molecule has 1 aliphatic rings. The first-order chi connectivity index (χ1) is 15.2. The largest absolute Gasteiger partial charge is 0.493 e. The first kappa shape index (κ1) is 21.2. The number of hydrogen-bond acceptors (Lipinski definition) is 5. The minimum Gasteiger partial charge on any atom is -0.493 e. The number of fused-ring (bicyclic) bond motifs is 1. The van der Waals surface area contributed by atoms with E-state index in [0.717, 1.165) is 61.2 Å². The van der Waals surface area contributed by atoms with E-state index < -0.39 is 0 Å². The maximum Gasteiger partial charge on any atom is 0.161 e. The van der Waals surface area contributed by atoms with Gasteiger partial charge in [-0.05, 0) is 74.8 Å². The highest BCUT2D eigenvalue weighted by Gasteiger charge is 2.22. The topological polar surface area (TPSA) is 73.3 Å².